The normalized spacial score (nSPS) is 23.8. The number of aliphatic hydroxyl groups excluding tert-OH is 1. The number of aliphatic hydroxyl groups is 1. The van der Waals surface area contributed by atoms with Crippen LogP contribution < -0.4 is 15.4 Å². The van der Waals surface area contributed by atoms with E-state index in [0.717, 1.165) is 0 Å². The summed E-state index contributed by atoms with van der Waals surface area (Å²) in [5, 5.41) is 31.7. The van der Waals surface area contributed by atoms with Crippen molar-refractivity contribution in [2.75, 3.05) is 0 Å². The summed E-state index contributed by atoms with van der Waals surface area (Å²) in [5.41, 5.74) is 0. The van der Waals surface area contributed by atoms with Crippen molar-refractivity contribution >= 4 is 17.8 Å². The highest BCUT2D eigenvalue weighted by molar-refractivity contribution is 6.00. The van der Waals surface area contributed by atoms with Gasteiger partial charge in [0.15, 0.2) is 6.23 Å². The molecule has 0 radical (unpaired) electrons. The number of amides is 3. The quantitative estimate of drug-likeness (QED) is 0.351. The topological polar surface area (TPSA) is 130 Å². The molecule has 1 aliphatic rings. The zero-order chi connectivity index (χ0) is 13.1. The first-order valence-corrected chi connectivity index (χ1v) is 4.96. The molecule has 2 atom stereocenters. The Morgan fingerprint density at radius 1 is 1.39 bits per heavy atom. The zero-order valence-electron chi connectivity index (χ0n) is 8.98. The van der Waals surface area contributed by atoms with E-state index in [1.165, 1.54) is 18.3 Å². The SMILES string of the molecule is O=C1NC(=O)C(N=Nc2cccc[n+]2[O-])C(O)N1. The third-order valence-electron chi connectivity index (χ3n) is 2.17. The van der Waals surface area contributed by atoms with E-state index in [4.69, 9.17) is 0 Å². The lowest BCUT2D eigenvalue weighted by molar-refractivity contribution is -0.591. The van der Waals surface area contributed by atoms with Crippen LogP contribution in [0.5, 0.6) is 0 Å². The van der Waals surface area contributed by atoms with E-state index in [9.17, 15) is 19.9 Å². The number of hydrogen-bond donors (Lipinski definition) is 3. The maximum Gasteiger partial charge on any atom is 0.353 e. The molecule has 2 unspecified atom stereocenters. The van der Waals surface area contributed by atoms with Gasteiger partial charge in [-0.2, -0.15) is 0 Å². The zero-order valence-corrected chi connectivity index (χ0v) is 8.98. The summed E-state index contributed by atoms with van der Waals surface area (Å²) >= 11 is 0. The van der Waals surface area contributed by atoms with Crippen LogP contribution in [0.4, 0.5) is 10.6 Å². The van der Waals surface area contributed by atoms with Gasteiger partial charge in [-0.3, -0.25) is 10.1 Å². The average molecular weight is 251 g/mol. The highest BCUT2D eigenvalue weighted by Crippen LogP contribution is 2.08. The fourth-order valence-corrected chi connectivity index (χ4v) is 1.31. The number of carbonyl (C=O) groups is 2. The number of nitrogens with one attached hydrogen (secondary N) is 2. The van der Waals surface area contributed by atoms with E-state index in [1.807, 2.05) is 5.32 Å². The number of nitrogens with zero attached hydrogens (tertiary/aromatic N) is 3. The summed E-state index contributed by atoms with van der Waals surface area (Å²) in [6.07, 6.45) is -0.258. The lowest BCUT2D eigenvalue weighted by Crippen LogP contribution is -2.60. The molecule has 0 aliphatic carbocycles. The van der Waals surface area contributed by atoms with E-state index >= 15 is 0 Å². The molecule has 1 aromatic heterocycles. The predicted molar refractivity (Wildman–Crippen MR) is 56.4 cm³/mol. The van der Waals surface area contributed by atoms with E-state index in [0.29, 0.717) is 4.73 Å². The second-order valence-electron chi connectivity index (χ2n) is 3.45. The molecule has 0 spiro atoms. The molecule has 3 amide bonds. The predicted octanol–water partition coefficient (Wildman–Crippen LogP) is -1.07. The van der Waals surface area contributed by atoms with Gasteiger partial charge in [0.2, 0.25) is 6.04 Å². The Balaban J connectivity index is 2.16. The Labute approximate surface area is 101 Å². The second kappa shape index (κ2) is 4.75. The molecule has 1 aliphatic heterocycles. The van der Waals surface area contributed by atoms with Crippen molar-refractivity contribution in [1.29, 1.82) is 0 Å². The Bertz CT molecular complexity index is 517. The van der Waals surface area contributed by atoms with Crippen LogP contribution in [-0.4, -0.2) is 29.3 Å². The van der Waals surface area contributed by atoms with Crippen LogP contribution >= 0.6 is 0 Å². The van der Waals surface area contributed by atoms with Crippen molar-refractivity contribution in [2.45, 2.75) is 12.3 Å². The minimum absolute atomic E-state index is 0.0330. The second-order valence-corrected chi connectivity index (χ2v) is 3.45. The molecule has 1 aromatic rings. The summed E-state index contributed by atoms with van der Waals surface area (Å²) in [6, 6.07) is 2.37. The number of aromatic nitrogens is 1. The minimum Gasteiger partial charge on any atom is -0.710 e. The van der Waals surface area contributed by atoms with Gasteiger partial charge in [0, 0.05) is 6.07 Å². The Hall–Kier alpha value is -2.55. The number of hydrogen-bond acceptors (Lipinski definition) is 6. The maximum absolute atomic E-state index is 11.4. The number of imide groups is 1. The van der Waals surface area contributed by atoms with Gasteiger partial charge >= 0.3 is 11.8 Å². The Morgan fingerprint density at radius 3 is 2.83 bits per heavy atom. The molecule has 2 rings (SSSR count). The van der Waals surface area contributed by atoms with Crippen LogP contribution in [0.3, 0.4) is 0 Å². The molecule has 18 heavy (non-hydrogen) atoms. The van der Waals surface area contributed by atoms with Gasteiger partial charge in [-0.05, 0) is 6.07 Å². The molecule has 0 saturated carbocycles. The summed E-state index contributed by atoms with van der Waals surface area (Å²) < 4.78 is 0.454. The lowest BCUT2D eigenvalue weighted by atomic mass is 10.2. The highest BCUT2D eigenvalue weighted by Gasteiger charge is 2.36. The summed E-state index contributed by atoms with van der Waals surface area (Å²) in [6.45, 7) is 0. The summed E-state index contributed by atoms with van der Waals surface area (Å²) in [5.74, 6) is -0.821. The molecule has 2 heterocycles. The van der Waals surface area contributed by atoms with Crippen LogP contribution in [-0.2, 0) is 4.79 Å². The first kappa shape index (κ1) is 11.9. The Kier molecular flexibility index (Phi) is 3.15. The third kappa shape index (κ3) is 2.40. The van der Waals surface area contributed by atoms with Gasteiger partial charge in [-0.15, -0.1) is 0 Å². The number of rotatable bonds is 2. The van der Waals surface area contributed by atoms with Crippen molar-refractivity contribution in [3.8, 4) is 0 Å². The van der Waals surface area contributed by atoms with Crippen molar-refractivity contribution in [3.63, 3.8) is 0 Å². The summed E-state index contributed by atoms with van der Waals surface area (Å²) in [7, 11) is 0. The van der Waals surface area contributed by atoms with E-state index in [2.05, 4.69) is 15.5 Å². The molecule has 1 saturated heterocycles. The molecule has 9 nitrogen and oxygen atoms in total. The van der Waals surface area contributed by atoms with Crippen LogP contribution in [0.25, 0.3) is 0 Å². The smallest absolute Gasteiger partial charge is 0.353 e. The molecule has 0 bridgehead atoms. The van der Waals surface area contributed by atoms with Crippen molar-refractivity contribution < 1.29 is 19.4 Å². The van der Waals surface area contributed by atoms with Crippen LogP contribution in [0.2, 0.25) is 0 Å². The third-order valence-corrected chi connectivity index (χ3v) is 2.17. The molecular formula is C9H9N5O4. The van der Waals surface area contributed by atoms with Gasteiger partial charge in [0.05, 0.1) is 11.3 Å². The van der Waals surface area contributed by atoms with E-state index in [-0.39, 0.29) is 5.82 Å². The Morgan fingerprint density at radius 2 is 2.17 bits per heavy atom. The first-order valence-electron chi connectivity index (χ1n) is 4.96. The number of pyridine rings is 1. The van der Waals surface area contributed by atoms with E-state index in [1.54, 1.807) is 6.07 Å². The minimum atomic E-state index is -1.47. The summed E-state index contributed by atoms with van der Waals surface area (Å²) in [4.78, 5) is 22.2. The van der Waals surface area contributed by atoms with Gasteiger partial charge in [0.25, 0.3) is 5.91 Å². The molecule has 94 valence electrons. The average Bonchev–Trinajstić information content (AvgIpc) is 2.30. The van der Waals surface area contributed by atoms with Crippen LogP contribution in [0.1, 0.15) is 0 Å². The largest absolute Gasteiger partial charge is 0.710 e. The number of urea groups is 1. The molecule has 9 heteroatoms. The highest BCUT2D eigenvalue weighted by atomic mass is 16.5. The van der Waals surface area contributed by atoms with Crippen molar-refractivity contribution in [3.05, 3.63) is 29.6 Å². The fraction of sp³-hybridized carbons (Fsp3) is 0.222. The molecule has 1 fully saturated rings. The standard InChI is InChI=1S/C9H9N5O4/c15-7-6(8(16)11-9(17)10-7)13-12-5-3-1-2-4-14(5)18/h1-4,6-7,15H,(H2,10,11,16,17). The number of azo groups is 1. The van der Waals surface area contributed by atoms with Crippen molar-refractivity contribution in [1.82, 2.24) is 10.6 Å². The van der Waals surface area contributed by atoms with Crippen molar-refractivity contribution in [2.24, 2.45) is 10.2 Å². The van der Waals surface area contributed by atoms with Crippen LogP contribution in [0.15, 0.2) is 34.6 Å². The fourth-order valence-electron chi connectivity index (χ4n) is 1.31. The number of carbonyl (C=O) groups excluding carboxylic acids is 2. The van der Waals surface area contributed by atoms with Crippen LogP contribution in [0, 0.1) is 5.21 Å². The van der Waals surface area contributed by atoms with Gasteiger partial charge < -0.3 is 15.6 Å². The lowest BCUT2D eigenvalue weighted by Gasteiger charge is -2.22. The van der Waals surface area contributed by atoms with Gasteiger partial charge in [-0.25, -0.2) is 9.52 Å². The first-order chi connectivity index (χ1) is 8.58. The molecule has 3 N–H and O–H groups in total. The monoisotopic (exact) mass is 251 g/mol. The molecule has 0 aromatic carbocycles. The van der Waals surface area contributed by atoms with Gasteiger partial charge in [0.1, 0.15) is 0 Å². The van der Waals surface area contributed by atoms with E-state index < -0.39 is 24.2 Å². The van der Waals surface area contributed by atoms with Gasteiger partial charge in [-0.1, -0.05) is 11.2 Å². The molecular weight excluding hydrogens is 242 g/mol. The maximum atomic E-state index is 11.4.